The number of amides is 2. The van der Waals surface area contributed by atoms with Crippen LogP contribution in [0.25, 0.3) is 0 Å². The van der Waals surface area contributed by atoms with Gasteiger partial charge >= 0.3 is 0 Å². The molecule has 0 spiro atoms. The molecule has 0 unspecified atom stereocenters. The molecule has 3 aromatic rings. The van der Waals surface area contributed by atoms with Crippen LogP contribution in [0.3, 0.4) is 0 Å². The van der Waals surface area contributed by atoms with Gasteiger partial charge < -0.3 is 24.3 Å². The smallest absolute Gasteiger partial charge is 0.247 e. The van der Waals surface area contributed by atoms with Gasteiger partial charge in [0.25, 0.3) is 0 Å². The number of hydrogen-bond donors (Lipinski definition) is 1. The molecule has 0 radical (unpaired) electrons. The van der Waals surface area contributed by atoms with E-state index in [1.54, 1.807) is 24.3 Å². The molecule has 1 saturated heterocycles. The van der Waals surface area contributed by atoms with Crippen LogP contribution in [0.15, 0.2) is 71.7 Å². The van der Waals surface area contributed by atoms with E-state index in [-0.39, 0.29) is 25.0 Å². The van der Waals surface area contributed by atoms with E-state index in [0.717, 1.165) is 17.0 Å². The molecule has 2 amide bonds. The largest absolute Gasteiger partial charge is 0.494 e. The molecule has 2 aliphatic heterocycles. The fourth-order valence-corrected chi connectivity index (χ4v) is 5.21. The number of nitrogens with one attached hydrogen (secondary N) is 1. The molecule has 3 aromatic carbocycles. The molecule has 0 saturated carbocycles. The van der Waals surface area contributed by atoms with Crippen LogP contribution in [0.1, 0.15) is 25.8 Å². The molecule has 202 valence electrons. The van der Waals surface area contributed by atoms with Gasteiger partial charge in [0.15, 0.2) is 16.7 Å². The third-order valence-corrected chi connectivity index (χ3v) is 7.13. The fourth-order valence-electron chi connectivity index (χ4n) is 4.19. The normalized spacial score (nSPS) is 16.5. The number of carbonyl (C=O) groups excluding carboxylic acids is 2. The first-order valence-corrected chi connectivity index (χ1v) is 13.6. The number of aliphatic imine (C=N–C) groups is 1. The van der Waals surface area contributed by atoms with Crippen molar-refractivity contribution in [1.29, 1.82) is 0 Å². The lowest BCUT2D eigenvalue weighted by molar-refractivity contribution is -0.121. The molecular formula is C29H29N3O6S. The summed E-state index contributed by atoms with van der Waals surface area (Å²) in [4.78, 5) is 32.3. The molecule has 0 bridgehead atoms. The van der Waals surface area contributed by atoms with E-state index in [4.69, 9.17) is 23.9 Å². The number of anilines is 2. The predicted molar refractivity (Wildman–Crippen MR) is 151 cm³/mol. The Hall–Kier alpha value is -4.18. The maximum atomic E-state index is 13.4. The molecule has 9 nitrogen and oxygen atoms in total. The van der Waals surface area contributed by atoms with Crippen LogP contribution >= 0.6 is 11.8 Å². The molecule has 10 heteroatoms. The minimum absolute atomic E-state index is 0.0741. The van der Waals surface area contributed by atoms with Crippen molar-refractivity contribution >= 4 is 40.1 Å². The van der Waals surface area contributed by atoms with Gasteiger partial charge in [-0.2, -0.15) is 0 Å². The number of hydrogen-bond acceptors (Lipinski definition) is 8. The Morgan fingerprint density at radius 2 is 1.62 bits per heavy atom. The first kappa shape index (κ1) is 26.4. The van der Waals surface area contributed by atoms with Crippen molar-refractivity contribution in [1.82, 2.24) is 0 Å². The van der Waals surface area contributed by atoms with Crippen molar-refractivity contribution < 1.29 is 28.5 Å². The van der Waals surface area contributed by atoms with Gasteiger partial charge in [-0.3, -0.25) is 14.6 Å². The molecule has 1 atom stereocenters. The SMILES string of the molecule is CCOc1ccc(NC(=NCc2ccc3c(c2)OCO3)S[C@H]2CC(=O)N(c3ccc(OCC)cc3)C2=O)cc1. The van der Waals surface area contributed by atoms with Crippen molar-refractivity contribution in [2.24, 2.45) is 4.99 Å². The Labute approximate surface area is 231 Å². The third-order valence-electron chi connectivity index (χ3n) is 6.02. The number of benzene rings is 3. The van der Waals surface area contributed by atoms with Gasteiger partial charge in [0, 0.05) is 12.1 Å². The minimum Gasteiger partial charge on any atom is -0.494 e. The van der Waals surface area contributed by atoms with Crippen LogP contribution in [0, 0.1) is 0 Å². The number of rotatable bonds is 9. The van der Waals surface area contributed by atoms with Gasteiger partial charge in [0.1, 0.15) is 16.7 Å². The molecule has 2 aliphatic rings. The Bertz CT molecular complexity index is 1360. The average Bonchev–Trinajstić information content (AvgIpc) is 3.52. The van der Waals surface area contributed by atoms with Crippen molar-refractivity contribution in [3.8, 4) is 23.0 Å². The predicted octanol–water partition coefficient (Wildman–Crippen LogP) is 5.25. The van der Waals surface area contributed by atoms with Crippen molar-refractivity contribution in [2.45, 2.75) is 32.1 Å². The summed E-state index contributed by atoms with van der Waals surface area (Å²) in [7, 11) is 0. The van der Waals surface area contributed by atoms with Gasteiger partial charge in [-0.15, -0.1) is 0 Å². The summed E-state index contributed by atoms with van der Waals surface area (Å²) in [5, 5.41) is 3.22. The second kappa shape index (κ2) is 12.1. The second-order valence-corrected chi connectivity index (χ2v) is 9.89. The van der Waals surface area contributed by atoms with Gasteiger partial charge in [-0.1, -0.05) is 17.8 Å². The molecule has 0 aliphatic carbocycles. The summed E-state index contributed by atoms with van der Waals surface area (Å²) in [5.74, 6) is 2.30. The van der Waals surface area contributed by atoms with E-state index in [0.29, 0.717) is 47.9 Å². The number of nitrogens with zero attached hydrogens (tertiary/aromatic N) is 2. The average molecular weight is 548 g/mol. The highest BCUT2D eigenvalue weighted by atomic mass is 32.2. The van der Waals surface area contributed by atoms with Crippen LogP contribution in [0.5, 0.6) is 23.0 Å². The highest BCUT2D eigenvalue weighted by Crippen LogP contribution is 2.34. The summed E-state index contributed by atoms with van der Waals surface area (Å²) >= 11 is 1.24. The van der Waals surface area contributed by atoms with E-state index in [1.165, 1.54) is 16.7 Å². The van der Waals surface area contributed by atoms with Gasteiger partial charge in [0.05, 0.1) is 25.4 Å². The summed E-state index contributed by atoms with van der Waals surface area (Å²) in [6.45, 7) is 5.49. The Balaban J connectivity index is 1.34. The number of fused-ring (bicyclic) bond motifs is 1. The zero-order valence-corrected chi connectivity index (χ0v) is 22.5. The lowest BCUT2D eigenvalue weighted by Gasteiger charge is -2.16. The summed E-state index contributed by atoms with van der Waals surface area (Å²) in [5.41, 5.74) is 2.24. The number of amidine groups is 1. The zero-order valence-electron chi connectivity index (χ0n) is 21.7. The summed E-state index contributed by atoms with van der Waals surface area (Å²) < 4.78 is 21.9. The van der Waals surface area contributed by atoms with Crippen LogP contribution < -0.4 is 29.2 Å². The van der Waals surface area contributed by atoms with Gasteiger partial charge in [-0.25, -0.2) is 4.90 Å². The second-order valence-electron chi connectivity index (χ2n) is 8.70. The summed E-state index contributed by atoms with van der Waals surface area (Å²) in [6.07, 6.45) is 0.0741. The topological polar surface area (TPSA) is 98.7 Å². The molecule has 0 aromatic heterocycles. The van der Waals surface area contributed by atoms with E-state index < -0.39 is 5.25 Å². The minimum atomic E-state index is -0.616. The third kappa shape index (κ3) is 6.28. The molecule has 1 fully saturated rings. The Morgan fingerprint density at radius 1 is 0.949 bits per heavy atom. The fraction of sp³-hybridized carbons (Fsp3) is 0.276. The number of thioether (sulfide) groups is 1. The van der Waals surface area contributed by atoms with Crippen LogP contribution in [0.2, 0.25) is 0 Å². The highest BCUT2D eigenvalue weighted by Gasteiger charge is 2.40. The molecular weight excluding hydrogens is 518 g/mol. The Kier molecular flexibility index (Phi) is 8.21. The van der Waals surface area contributed by atoms with E-state index >= 15 is 0 Å². The Morgan fingerprint density at radius 3 is 2.31 bits per heavy atom. The maximum absolute atomic E-state index is 13.4. The molecule has 1 N–H and O–H groups in total. The van der Waals surface area contributed by atoms with Crippen molar-refractivity contribution in [3.63, 3.8) is 0 Å². The first-order chi connectivity index (χ1) is 19.0. The molecule has 39 heavy (non-hydrogen) atoms. The first-order valence-electron chi connectivity index (χ1n) is 12.7. The maximum Gasteiger partial charge on any atom is 0.247 e. The number of ether oxygens (including phenoxy) is 4. The highest BCUT2D eigenvalue weighted by molar-refractivity contribution is 8.15. The van der Waals surface area contributed by atoms with E-state index in [1.807, 2.05) is 56.3 Å². The van der Waals surface area contributed by atoms with Gasteiger partial charge in [-0.05, 0) is 80.1 Å². The number of carbonyl (C=O) groups is 2. The van der Waals surface area contributed by atoms with E-state index in [9.17, 15) is 9.59 Å². The quantitative estimate of drug-likeness (QED) is 0.221. The monoisotopic (exact) mass is 547 g/mol. The summed E-state index contributed by atoms with van der Waals surface area (Å²) in [6, 6.07) is 20.1. The van der Waals surface area contributed by atoms with Crippen LogP contribution in [-0.2, 0) is 16.1 Å². The van der Waals surface area contributed by atoms with Gasteiger partial charge in [0.2, 0.25) is 18.6 Å². The standard InChI is InChI=1S/C29H29N3O6S/c1-3-35-22-10-6-20(7-11-22)31-29(30-17-19-5-14-24-25(15-19)38-18-37-24)39-26-16-27(33)32(28(26)34)21-8-12-23(13-9-21)36-4-2/h5-15,26H,3-4,16-18H2,1-2H3,(H,30,31)/t26-/m0/s1. The van der Waals surface area contributed by atoms with Crippen molar-refractivity contribution in [3.05, 3.63) is 72.3 Å². The lowest BCUT2D eigenvalue weighted by atomic mass is 10.2. The number of imide groups is 1. The van der Waals surface area contributed by atoms with Crippen LogP contribution in [-0.4, -0.2) is 42.2 Å². The lowest BCUT2D eigenvalue weighted by Crippen LogP contribution is -2.31. The molecule has 5 rings (SSSR count). The molecule has 2 heterocycles. The van der Waals surface area contributed by atoms with E-state index in [2.05, 4.69) is 5.32 Å². The van der Waals surface area contributed by atoms with Crippen molar-refractivity contribution in [2.75, 3.05) is 30.2 Å². The zero-order chi connectivity index (χ0) is 27.2. The van der Waals surface area contributed by atoms with Crippen LogP contribution in [0.4, 0.5) is 11.4 Å².